The summed E-state index contributed by atoms with van der Waals surface area (Å²) in [5.74, 6) is -0.628. The Bertz CT molecular complexity index is 571. The Morgan fingerprint density at radius 2 is 1.95 bits per heavy atom. The second kappa shape index (κ2) is 6.07. The van der Waals surface area contributed by atoms with Crippen LogP contribution in [-0.2, 0) is 10.0 Å². The van der Waals surface area contributed by atoms with Crippen molar-refractivity contribution in [3.05, 3.63) is 24.0 Å². The van der Waals surface area contributed by atoms with Gasteiger partial charge in [0.25, 0.3) is 0 Å². The van der Waals surface area contributed by atoms with Gasteiger partial charge in [-0.1, -0.05) is 13.8 Å². The molecule has 0 unspecified atom stereocenters. The van der Waals surface area contributed by atoms with Crippen LogP contribution in [0.15, 0.2) is 23.1 Å². The molecule has 0 heterocycles. The molecule has 0 aliphatic rings. The van der Waals surface area contributed by atoms with Gasteiger partial charge in [-0.25, -0.2) is 17.5 Å². The lowest BCUT2D eigenvalue weighted by Crippen LogP contribution is -2.39. The summed E-state index contributed by atoms with van der Waals surface area (Å²) >= 11 is 0. The Labute approximate surface area is 120 Å². The van der Waals surface area contributed by atoms with Gasteiger partial charge in [-0.3, -0.25) is 0 Å². The number of nitrogens with zero attached hydrogens (tertiary/aromatic N) is 1. The molecule has 0 amide bonds. The van der Waals surface area contributed by atoms with Crippen molar-refractivity contribution in [1.82, 2.24) is 9.62 Å². The standard InChI is InChI=1S/C13H22FN3O2S/c1-13(2,9-17(3)4)8-16-20(18,19)10-5-6-11(14)12(15)7-10/h5-7,16H,8-9,15H2,1-4H3. The molecule has 20 heavy (non-hydrogen) atoms. The maximum absolute atomic E-state index is 13.1. The lowest BCUT2D eigenvalue weighted by Gasteiger charge is -2.28. The summed E-state index contributed by atoms with van der Waals surface area (Å²) in [5.41, 5.74) is 4.99. The predicted octanol–water partition coefficient (Wildman–Crippen LogP) is 1.27. The van der Waals surface area contributed by atoms with Gasteiger partial charge in [0.15, 0.2) is 0 Å². The van der Waals surface area contributed by atoms with Crippen molar-refractivity contribution in [2.24, 2.45) is 5.41 Å². The first kappa shape index (κ1) is 16.9. The van der Waals surface area contributed by atoms with Crippen molar-refractivity contribution < 1.29 is 12.8 Å². The van der Waals surface area contributed by atoms with Gasteiger partial charge in [0.05, 0.1) is 10.6 Å². The number of sulfonamides is 1. The summed E-state index contributed by atoms with van der Waals surface area (Å²) in [5, 5.41) is 0. The van der Waals surface area contributed by atoms with Crippen LogP contribution in [0.3, 0.4) is 0 Å². The molecule has 0 saturated heterocycles. The van der Waals surface area contributed by atoms with Gasteiger partial charge in [0.2, 0.25) is 10.0 Å². The molecule has 7 heteroatoms. The molecule has 0 aliphatic heterocycles. The topological polar surface area (TPSA) is 75.4 Å². The molecular weight excluding hydrogens is 281 g/mol. The molecule has 0 aromatic heterocycles. The highest BCUT2D eigenvalue weighted by Crippen LogP contribution is 2.19. The van der Waals surface area contributed by atoms with E-state index < -0.39 is 15.8 Å². The number of nitrogens with two attached hydrogens (primary N) is 1. The molecule has 0 fully saturated rings. The average Bonchev–Trinajstić information content (AvgIpc) is 2.29. The third kappa shape index (κ3) is 4.73. The lowest BCUT2D eigenvalue weighted by molar-refractivity contribution is 0.242. The van der Waals surface area contributed by atoms with E-state index in [1.807, 2.05) is 32.8 Å². The number of anilines is 1. The molecule has 1 aromatic rings. The monoisotopic (exact) mass is 303 g/mol. The van der Waals surface area contributed by atoms with E-state index in [1.54, 1.807) is 0 Å². The van der Waals surface area contributed by atoms with Crippen molar-refractivity contribution >= 4 is 15.7 Å². The van der Waals surface area contributed by atoms with Crippen LogP contribution in [-0.4, -0.2) is 40.5 Å². The largest absolute Gasteiger partial charge is 0.396 e. The fourth-order valence-electron chi connectivity index (χ4n) is 1.97. The van der Waals surface area contributed by atoms with Crippen LogP contribution < -0.4 is 10.5 Å². The Morgan fingerprint density at radius 1 is 1.35 bits per heavy atom. The molecule has 114 valence electrons. The van der Waals surface area contributed by atoms with Gasteiger partial charge < -0.3 is 10.6 Å². The van der Waals surface area contributed by atoms with E-state index in [1.165, 1.54) is 6.07 Å². The highest BCUT2D eigenvalue weighted by atomic mass is 32.2. The van der Waals surface area contributed by atoms with E-state index >= 15 is 0 Å². The SMILES string of the molecule is CN(C)CC(C)(C)CNS(=O)(=O)c1ccc(F)c(N)c1. The van der Waals surface area contributed by atoms with Crippen LogP contribution in [0.5, 0.6) is 0 Å². The summed E-state index contributed by atoms with van der Waals surface area (Å²) < 4.78 is 39.8. The average molecular weight is 303 g/mol. The number of hydrogen-bond donors (Lipinski definition) is 2. The number of halogens is 1. The number of nitrogen functional groups attached to an aromatic ring is 1. The lowest BCUT2D eigenvalue weighted by atomic mass is 9.93. The quantitative estimate of drug-likeness (QED) is 0.776. The highest BCUT2D eigenvalue weighted by molar-refractivity contribution is 7.89. The van der Waals surface area contributed by atoms with Gasteiger partial charge in [0.1, 0.15) is 5.82 Å². The van der Waals surface area contributed by atoms with Gasteiger partial charge in [-0.2, -0.15) is 0 Å². The first-order chi connectivity index (χ1) is 9.03. The normalized spacial score (nSPS) is 12.9. The van der Waals surface area contributed by atoms with E-state index in [2.05, 4.69) is 4.72 Å². The predicted molar refractivity (Wildman–Crippen MR) is 78.3 cm³/mol. The van der Waals surface area contributed by atoms with Crippen LogP contribution in [0.25, 0.3) is 0 Å². The molecule has 1 rings (SSSR count). The summed E-state index contributed by atoms with van der Waals surface area (Å²) in [6.07, 6.45) is 0. The maximum Gasteiger partial charge on any atom is 0.240 e. The highest BCUT2D eigenvalue weighted by Gasteiger charge is 2.23. The Hall–Kier alpha value is -1.18. The second-order valence-electron chi connectivity index (χ2n) is 5.91. The first-order valence-corrected chi connectivity index (χ1v) is 7.71. The third-order valence-electron chi connectivity index (χ3n) is 2.76. The fourth-order valence-corrected chi connectivity index (χ4v) is 3.25. The molecule has 0 radical (unpaired) electrons. The Balaban J connectivity index is 2.82. The molecule has 0 saturated carbocycles. The molecule has 3 N–H and O–H groups in total. The number of hydrogen-bond acceptors (Lipinski definition) is 4. The smallest absolute Gasteiger partial charge is 0.240 e. The second-order valence-corrected chi connectivity index (χ2v) is 7.68. The van der Waals surface area contributed by atoms with Gasteiger partial charge in [-0.15, -0.1) is 0 Å². The number of rotatable bonds is 6. The minimum Gasteiger partial charge on any atom is -0.396 e. The molecule has 0 atom stereocenters. The van der Waals surface area contributed by atoms with Crippen LogP contribution in [0.1, 0.15) is 13.8 Å². The number of nitrogens with one attached hydrogen (secondary N) is 1. The molecule has 0 aliphatic carbocycles. The van der Waals surface area contributed by atoms with Crippen LogP contribution in [0.4, 0.5) is 10.1 Å². The first-order valence-electron chi connectivity index (χ1n) is 6.23. The van der Waals surface area contributed by atoms with Gasteiger partial charge >= 0.3 is 0 Å². The van der Waals surface area contributed by atoms with Crippen molar-refractivity contribution in [2.45, 2.75) is 18.7 Å². The maximum atomic E-state index is 13.1. The van der Waals surface area contributed by atoms with Crippen LogP contribution >= 0.6 is 0 Å². The minimum atomic E-state index is -3.68. The van der Waals surface area contributed by atoms with Crippen molar-refractivity contribution in [1.29, 1.82) is 0 Å². The summed E-state index contributed by atoms with van der Waals surface area (Å²) in [6, 6.07) is 3.37. The Morgan fingerprint density at radius 3 is 2.45 bits per heavy atom. The Kier molecular flexibility index (Phi) is 5.12. The van der Waals surface area contributed by atoms with Crippen LogP contribution in [0, 0.1) is 11.2 Å². The zero-order chi connectivity index (χ0) is 15.6. The number of benzene rings is 1. The van der Waals surface area contributed by atoms with Crippen molar-refractivity contribution in [2.75, 3.05) is 32.9 Å². The van der Waals surface area contributed by atoms with E-state index in [0.29, 0.717) is 0 Å². The molecular formula is C13H22FN3O2S. The van der Waals surface area contributed by atoms with E-state index in [4.69, 9.17) is 5.73 Å². The summed E-state index contributed by atoms with van der Waals surface area (Å²) in [7, 11) is 0.171. The van der Waals surface area contributed by atoms with Crippen molar-refractivity contribution in [3.63, 3.8) is 0 Å². The molecule has 5 nitrogen and oxygen atoms in total. The fraction of sp³-hybridized carbons (Fsp3) is 0.538. The molecule has 1 aromatic carbocycles. The van der Waals surface area contributed by atoms with E-state index in [9.17, 15) is 12.8 Å². The van der Waals surface area contributed by atoms with Crippen LogP contribution in [0.2, 0.25) is 0 Å². The van der Waals surface area contributed by atoms with E-state index in [-0.39, 0.29) is 22.5 Å². The van der Waals surface area contributed by atoms with Gasteiger partial charge in [0, 0.05) is 13.1 Å². The summed E-state index contributed by atoms with van der Waals surface area (Å²) in [6.45, 7) is 4.95. The zero-order valence-electron chi connectivity index (χ0n) is 12.3. The third-order valence-corrected chi connectivity index (χ3v) is 4.16. The minimum absolute atomic E-state index is 0.0305. The van der Waals surface area contributed by atoms with Crippen molar-refractivity contribution in [3.8, 4) is 0 Å². The van der Waals surface area contributed by atoms with E-state index in [0.717, 1.165) is 18.7 Å². The molecule has 0 bridgehead atoms. The van der Waals surface area contributed by atoms with Gasteiger partial charge in [-0.05, 0) is 37.7 Å². The summed E-state index contributed by atoms with van der Waals surface area (Å²) in [4.78, 5) is 1.96. The molecule has 0 spiro atoms. The zero-order valence-corrected chi connectivity index (χ0v) is 13.1.